The molecular weight excluding hydrogens is 462 g/mol. The first-order valence-corrected chi connectivity index (χ1v) is 11.3. The maximum atomic E-state index is 13.1. The van der Waals surface area contributed by atoms with E-state index in [9.17, 15) is 14.4 Å². The molecule has 1 aliphatic rings. The van der Waals surface area contributed by atoms with Gasteiger partial charge in [-0.25, -0.2) is 4.79 Å². The van der Waals surface area contributed by atoms with E-state index in [4.69, 9.17) is 13.9 Å². The van der Waals surface area contributed by atoms with E-state index in [-0.39, 0.29) is 12.1 Å². The highest BCUT2D eigenvalue weighted by Crippen LogP contribution is 2.26. The Balaban J connectivity index is 1.39. The Kier molecular flexibility index (Phi) is 6.27. The monoisotopic (exact) mass is 485 g/mol. The molecule has 0 aliphatic carbocycles. The lowest BCUT2D eigenvalue weighted by Gasteiger charge is -2.25. The largest absolute Gasteiger partial charge is 0.497 e. The predicted octanol–water partition coefficient (Wildman–Crippen LogP) is 3.98. The summed E-state index contributed by atoms with van der Waals surface area (Å²) in [6.45, 7) is 0.873. The lowest BCUT2D eigenvalue weighted by Crippen LogP contribution is -2.53. The van der Waals surface area contributed by atoms with E-state index in [0.29, 0.717) is 24.5 Å². The Morgan fingerprint density at radius 1 is 0.972 bits per heavy atom. The molecule has 4 aromatic rings. The van der Waals surface area contributed by atoms with E-state index in [1.165, 1.54) is 12.3 Å². The van der Waals surface area contributed by atoms with Crippen molar-refractivity contribution in [2.75, 3.05) is 13.7 Å². The van der Waals surface area contributed by atoms with E-state index in [1.54, 1.807) is 19.2 Å². The smallest absolute Gasteiger partial charge is 0.331 e. The number of nitrogens with zero attached hydrogens (tertiary/aromatic N) is 2. The standard InChI is InChI=1S/C27H23N3O6/c1-34-19-8-10-20(11-9-19)36-14-12-29-16-18(22-6-2-3-7-24(22)29)15-23-25(31)28-27(33)30(26(23)32)17-21-5-4-13-35-21/h2-11,13,15-16H,12,14,17H2,1H3,(H,28,31,33). The van der Waals surface area contributed by atoms with Crippen molar-refractivity contribution in [2.45, 2.75) is 13.1 Å². The van der Waals surface area contributed by atoms with Crippen LogP contribution in [-0.2, 0) is 22.7 Å². The van der Waals surface area contributed by atoms with E-state index >= 15 is 0 Å². The van der Waals surface area contributed by atoms with Crippen molar-refractivity contribution in [2.24, 2.45) is 0 Å². The van der Waals surface area contributed by atoms with Crippen molar-refractivity contribution < 1.29 is 28.3 Å². The molecule has 5 rings (SSSR count). The molecule has 1 saturated heterocycles. The summed E-state index contributed by atoms with van der Waals surface area (Å²) in [5.74, 6) is 0.489. The Bertz CT molecular complexity index is 1450. The summed E-state index contributed by atoms with van der Waals surface area (Å²) in [5, 5.41) is 3.10. The van der Waals surface area contributed by atoms with Crippen LogP contribution in [0, 0.1) is 0 Å². The Morgan fingerprint density at radius 3 is 2.50 bits per heavy atom. The first-order valence-electron chi connectivity index (χ1n) is 11.3. The summed E-state index contributed by atoms with van der Waals surface area (Å²) in [5.41, 5.74) is 1.48. The van der Waals surface area contributed by atoms with E-state index in [1.807, 2.05) is 59.3 Å². The number of urea groups is 1. The number of hydrogen-bond acceptors (Lipinski definition) is 6. The second kappa shape index (κ2) is 9.83. The molecule has 2 aromatic carbocycles. The molecule has 9 nitrogen and oxygen atoms in total. The van der Waals surface area contributed by atoms with Gasteiger partial charge in [0.05, 0.1) is 26.5 Å². The predicted molar refractivity (Wildman–Crippen MR) is 131 cm³/mol. The average Bonchev–Trinajstić information content (AvgIpc) is 3.53. The number of fused-ring (bicyclic) bond motifs is 1. The van der Waals surface area contributed by atoms with Crippen molar-refractivity contribution in [3.63, 3.8) is 0 Å². The number of carbonyl (C=O) groups is 3. The van der Waals surface area contributed by atoms with Gasteiger partial charge in [0.25, 0.3) is 11.8 Å². The molecule has 0 unspecified atom stereocenters. The second-order valence-corrected chi connectivity index (χ2v) is 8.11. The van der Waals surface area contributed by atoms with Crippen molar-refractivity contribution in [1.82, 2.24) is 14.8 Å². The van der Waals surface area contributed by atoms with Crippen LogP contribution in [0.25, 0.3) is 17.0 Å². The summed E-state index contributed by atoms with van der Waals surface area (Å²) in [4.78, 5) is 38.9. The van der Waals surface area contributed by atoms with Crippen LogP contribution in [0.15, 0.2) is 83.1 Å². The number of carbonyl (C=O) groups excluding carboxylic acids is 3. The SMILES string of the molecule is COc1ccc(OCCn2cc(C=C3C(=O)NC(=O)N(Cc4ccco4)C3=O)c3ccccc32)cc1. The molecule has 3 heterocycles. The minimum Gasteiger partial charge on any atom is -0.497 e. The molecule has 1 fully saturated rings. The molecule has 1 N–H and O–H groups in total. The third kappa shape index (κ3) is 4.58. The number of amides is 4. The zero-order valence-corrected chi connectivity index (χ0v) is 19.5. The summed E-state index contributed by atoms with van der Waals surface area (Å²) in [7, 11) is 1.61. The molecule has 36 heavy (non-hydrogen) atoms. The molecule has 0 spiro atoms. The van der Waals surface area contributed by atoms with Crippen molar-refractivity contribution in [1.29, 1.82) is 0 Å². The van der Waals surface area contributed by atoms with Gasteiger partial charge in [-0.1, -0.05) is 18.2 Å². The zero-order valence-electron chi connectivity index (χ0n) is 19.5. The highest BCUT2D eigenvalue weighted by atomic mass is 16.5. The highest BCUT2D eigenvalue weighted by molar-refractivity contribution is 6.31. The van der Waals surface area contributed by atoms with Gasteiger partial charge in [-0.15, -0.1) is 0 Å². The van der Waals surface area contributed by atoms with Crippen molar-refractivity contribution in [3.05, 3.63) is 90.0 Å². The minimum absolute atomic E-state index is 0.0766. The van der Waals surface area contributed by atoms with Crippen LogP contribution < -0.4 is 14.8 Å². The molecule has 4 amide bonds. The number of methoxy groups -OCH3 is 1. The third-order valence-electron chi connectivity index (χ3n) is 5.86. The van der Waals surface area contributed by atoms with Gasteiger partial charge in [0.2, 0.25) is 0 Å². The van der Waals surface area contributed by atoms with Crippen molar-refractivity contribution in [3.8, 4) is 11.5 Å². The van der Waals surface area contributed by atoms with Gasteiger partial charge in [0.1, 0.15) is 29.4 Å². The molecule has 182 valence electrons. The summed E-state index contributed by atoms with van der Waals surface area (Å²) >= 11 is 0. The maximum absolute atomic E-state index is 13.1. The average molecular weight is 485 g/mol. The number of nitrogens with one attached hydrogen (secondary N) is 1. The van der Waals surface area contributed by atoms with E-state index in [0.717, 1.165) is 27.3 Å². The number of rotatable bonds is 8. The van der Waals surface area contributed by atoms with Gasteiger partial charge in [0.15, 0.2) is 0 Å². The molecule has 0 saturated carbocycles. The molecule has 2 aromatic heterocycles. The fourth-order valence-electron chi connectivity index (χ4n) is 4.06. The first-order chi connectivity index (χ1) is 17.5. The van der Waals surface area contributed by atoms with Crippen LogP contribution in [0.4, 0.5) is 4.79 Å². The molecule has 1 aliphatic heterocycles. The lowest BCUT2D eigenvalue weighted by molar-refractivity contribution is -0.130. The molecule has 9 heteroatoms. The van der Waals surface area contributed by atoms with Crippen LogP contribution in [0.2, 0.25) is 0 Å². The minimum atomic E-state index is -0.781. The van der Waals surface area contributed by atoms with E-state index < -0.39 is 17.8 Å². The third-order valence-corrected chi connectivity index (χ3v) is 5.86. The van der Waals surface area contributed by atoms with E-state index in [2.05, 4.69) is 5.32 Å². The Labute approximate surface area is 206 Å². The van der Waals surface area contributed by atoms with Gasteiger partial charge in [-0.05, 0) is 48.5 Å². The topological polar surface area (TPSA) is 103 Å². The normalized spacial score (nSPS) is 15.0. The van der Waals surface area contributed by atoms with Gasteiger partial charge < -0.3 is 18.5 Å². The fourth-order valence-corrected chi connectivity index (χ4v) is 4.06. The summed E-state index contributed by atoms with van der Waals surface area (Å²) in [6.07, 6.45) is 4.84. The second-order valence-electron chi connectivity index (χ2n) is 8.11. The molecule has 0 radical (unpaired) electrons. The quantitative estimate of drug-likeness (QED) is 0.299. The number of imide groups is 2. The molecular formula is C27H23N3O6. The van der Waals surface area contributed by atoms with Crippen molar-refractivity contribution >= 4 is 34.8 Å². The zero-order chi connectivity index (χ0) is 25.1. The Hall–Kier alpha value is -4.79. The van der Waals surface area contributed by atoms with Gasteiger partial charge in [-0.2, -0.15) is 0 Å². The van der Waals surface area contributed by atoms with Crippen LogP contribution in [0.5, 0.6) is 11.5 Å². The number of barbiturate groups is 1. The lowest BCUT2D eigenvalue weighted by atomic mass is 10.1. The van der Waals surface area contributed by atoms with Crippen LogP contribution in [0.1, 0.15) is 11.3 Å². The number of para-hydroxylation sites is 1. The number of furan rings is 1. The number of aromatic nitrogens is 1. The van der Waals surface area contributed by atoms with Gasteiger partial charge in [-0.3, -0.25) is 19.8 Å². The fraction of sp³-hybridized carbons (Fsp3) is 0.148. The van der Waals surface area contributed by atoms with Crippen LogP contribution in [0.3, 0.4) is 0 Å². The number of ether oxygens (including phenoxy) is 2. The maximum Gasteiger partial charge on any atom is 0.331 e. The van der Waals surface area contributed by atoms with Gasteiger partial charge in [0, 0.05) is 22.7 Å². The van der Waals surface area contributed by atoms with Gasteiger partial charge >= 0.3 is 6.03 Å². The Morgan fingerprint density at radius 2 is 1.75 bits per heavy atom. The molecule has 0 bridgehead atoms. The molecule has 0 atom stereocenters. The summed E-state index contributed by atoms with van der Waals surface area (Å²) in [6, 6.07) is 17.6. The highest BCUT2D eigenvalue weighted by Gasteiger charge is 2.36. The first kappa shape index (κ1) is 23.0. The summed E-state index contributed by atoms with van der Waals surface area (Å²) < 4.78 is 18.3. The van der Waals surface area contributed by atoms with Crippen LogP contribution >= 0.6 is 0 Å². The number of hydrogen-bond donors (Lipinski definition) is 1. The number of benzene rings is 2. The van der Waals surface area contributed by atoms with Crippen LogP contribution in [-0.4, -0.2) is 41.0 Å².